The Morgan fingerprint density at radius 3 is 2.58 bits per heavy atom. The quantitative estimate of drug-likeness (QED) is 0.470. The molecule has 0 radical (unpaired) electrons. The van der Waals surface area contributed by atoms with Crippen molar-refractivity contribution in [3.63, 3.8) is 0 Å². The molecule has 40 heavy (non-hydrogen) atoms. The number of hydrogen-bond acceptors (Lipinski definition) is 6. The Morgan fingerprint density at radius 2 is 1.88 bits per heavy atom. The van der Waals surface area contributed by atoms with Crippen LogP contribution >= 0.6 is 0 Å². The number of piperidine rings is 2. The highest BCUT2D eigenvalue weighted by atomic mass is 19.4. The Bertz CT molecular complexity index is 1200. The highest BCUT2D eigenvalue weighted by Gasteiger charge is 2.43. The van der Waals surface area contributed by atoms with Crippen molar-refractivity contribution in [1.82, 2.24) is 10.3 Å². The summed E-state index contributed by atoms with van der Waals surface area (Å²) in [5.41, 5.74) is 10.9. The molecule has 1 aromatic carbocycles. The normalized spacial score (nSPS) is 24.1. The lowest BCUT2D eigenvalue weighted by Gasteiger charge is -2.38. The summed E-state index contributed by atoms with van der Waals surface area (Å²) in [6, 6.07) is 8.28. The molecule has 0 saturated carbocycles. The van der Waals surface area contributed by atoms with Gasteiger partial charge in [-0.3, -0.25) is 4.79 Å². The monoisotopic (exact) mass is 559 g/mol. The fourth-order valence-corrected chi connectivity index (χ4v) is 5.96. The van der Waals surface area contributed by atoms with E-state index >= 15 is 0 Å². The van der Waals surface area contributed by atoms with Crippen LogP contribution in [0.5, 0.6) is 0 Å². The van der Waals surface area contributed by atoms with Gasteiger partial charge in [0.2, 0.25) is 5.91 Å². The molecular formula is C30H40F3N5O2. The number of halogens is 3. The molecule has 0 bridgehead atoms. The van der Waals surface area contributed by atoms with Crippen LogP contribution in [0, 0.1) is 12.8 Å². The zero-order valence-corrected chi connectivity index (χ0v) is 23.3. The second-order valence-corrected chi connectivity index (χ2v) is 12.0. The molecule has 4 heterocycles. The van der Waals surface area contributed by atoms with Gasteiger partial charge in [-0.05, 0) is 99.9 Å². The van der Waals surface area contributed by atoms with Crippen LogP contribution in [0.4, 0.5) is 24.7 Å². The largest absolute Gasteiger partial charge is 0.403 e. The molecule has 218 valence electrons. The fraction of sp³-hybridized carbons (Fsp3) is 0.600. The van der Waals surface area contributed by atoms with Gasteiger partial charge >= 0.3 is 6.18 Å². The second kappa shape index (κ2) is 11.7. The van der Waals surface area contributed by atoms with Crippen molar-refractivity contribution < 1.29 is 22.7 Å². The molecule has 3 aliphatic heterocycles. The first-order chi connectivity index (χ1) is 19.0. The van der Waals surface area contributed by atoms with Gasteiger partial charge in [-0.2, -0.15) is 13.2 Å². The highest BCUT2D eigenvalue weighted by molar-refractivity contribution is 5.93. The molecule has 1 amide bonds. The summed E-state index contributed by atoms with van der Waals surface area (Å²) >= 11 is 0. The van der Waals surface area contributed by atoms with Crippen LogP contribution in [0.15, 0.2) is 30.3 Å². The van der Waals surface area contributed by atoms with Crippen molar-refractivity contribution in [3.8, 4) is 11.1 Å². The van der Waals surface area contributed by atoms with Crippen molar-refractivity contribution in [2.24, 2.45) is 11.7 Å². The van der Waals surface area contributed by atoms with Gasteiger partial charge in [0.1, 0.15) is 11.9 Å². The zero-order valence-electron chi connectivity index (χ0n) is 23.3. The average molecular weight is 560 g/mol. The van der Waals surface area contributed by atoms with Crippen LogP contribution in [-0.2, 0) is 9.53 Å². The molecule has 3 fully saturated rings. The minimum Gasteiger partial charge on any atom is -0.381 e. The van der Waals surface area contributed by atoms with Gasteiger partial charge < -0.3 is 26.0 Å². The number of carbonyl (C=O) groups is 1. The smallest absolute Gasteiger partial charge is 0.381 e. The van der Waals surface area contributed by atoms with Crippen molar-refractivity contribution in [1.29, 1.82) is 0 Å². The lowest BCUT2D eigenvalue weighted by Crippen LogP contribution is -2.49. The number of alkyl halides is 3. The molecule has 2 atom stereocenters. The Kier molecular flexibility index (Phi) is 8.40. The second-order valence-electron chi connectivity index (χ2n) is 12.0. The molecular weight excluding hydrogens is 519 g/mol. The summed E-state index contributed by atoms with van der Waals surface area (Å²) in [6.45, 7) is 7.38. The minimum atomic E-state index is -4.37. The SMILES string of the molecule is Cc1ccc(NC(=O)C2CCNC(C(F)(F)F)C2)cc1-c1cc(C2CCOCC2)nc(N2CCC(C)(N)CC2)c1. The predicted molar refractivity (Wildman–Crippen MR) is 150 cm³/mol. The van der Waals surface area contributed by atoms with Crippen molar-refractivity contribution in [3.05, 3.63) is 41.6 Å². The van der Waals surface area contributed by atoms with E-state index in [2.05, 4.69) is 34.6 Å². The number of pyridine rings is 1. The fourth-order valence-electron chi connectivity index (χ4n) is 5.96. The Hall–Kier alpha value is -2.69. The maximum Gasteiger partial charge on any atom is 0.403 e. The van der Waals surface area contributed by atoms with E-state index in [4.69, 9.17) is 15.5 Å². The summed E-state index contributed by atoms with van der Waals surface area (Å²) in [4.78, 5) is 20.4. The summed E-state index contributed by atoms with van der Waals surface area (Å²) in [5.74, 6) is 0.164. The maximum absolute atomic E-state index is 13.2. The third kappa shape index (κ3) is 6.78. The van der Waals surface area contributed by atoms with Crippen LogP contribution in [-0.4, -0.2) is 61.5 Å². The summed E-state index contributed by atoms with van der Waals surface area (Å²) in [5, 5.41) is 5.38. The van der Waals surface area contributed by atoms with Gasteiger partial charge in [-0.15, -0.1) is 0 Å². The Morgan fingerprint density at radius 1 is 1.15 bits per heavy atom. The van der Waals surface area contributed by atoms with Crippen LogP contribution in [0.25, 0.3) is 11.1 Å². The van der Waals surface area contributed by atoms with E-state index in [0.717, 1.165) is 67.0 Å². The van der Waals surface area contributed by atoms with Crippen molar-refractivity contribution in [2.45, 2.75) is 76.0 Å². The lowest BCUT2D eigenvalue weighted by atomic mass is 9.90. The molecule has 3 saturated heterocycles. The standard InChI is InChI=1S/C30H40F3N5O2/c1-19-3-4-23(36-28(39)21-5-10-35-26(16-21)30(31,32)33)18-24(19)22-15-25(20-6-13-40-14-7-20)37-27(17-22)38-11-8-29(2,34)9-12-38/h3-4,15,17-18,20-21,26,35H,5-14,16,34H2,1-2H3,(H,36,39). The first kappa shape index (κ1) is 28.8. The van der Waals surface area contributed by atoms with Gasteiger partial charge in [-0.25, -0.2) is 4.98 Å². The van der Waals surface area contributed by atoms with Gasteiger partial charge in [-0.1, -0.05) is 6.07 Å². The van der Waals surface area contributed by atoms with Gasteiger partial charge in [0.25, 0.3) is 0 Å². The molecule has 4 N–H and O–H groups in total. The molecule has 10 heteroatoms. The van der Waals surface area contributed by atoms with Gasteiger partial charge in [0.15, 0.2) is 0 Å². The number of carbonyl (C=O) groups excluding carboxylic acids is 1. The van der Waals surface area contributed by atoms with Crippen molar-refractivity contribution >= 4 is 17.4 Å². The Labute approximate surface area is 234 Å². The highest BCUT2D eigenvalue weighted by Crippen LogP contribution is 2.36. The van der Waals surface area contributed by atoms with Crippen LogP contribution in [0.1, 0.15) is 62.6 Å². The molecule has 0 spiro atoms. The lowest BCUT2D eigenvalue weighted by molar-refractivity contribution is -0.164. The van der Waals surface area contributed by atoms with Gasteiger partial charge in [0.05, 0.1) is 0 Å². The summed E-state index contributed by atoms with van der Waals surface area (Å²) in [7, 11) is 0. The predicted octanol–water partition coefficient (Wildman–Crippen LogP) is 5.14. The third-order valence-electron chi connectivity index (χ3n) is 8.69. The molecule has 0 aliphatic carbocycles. The molecule has 2 unspecified atom stereocenters. The van der Waals surface area contributed by atoms with E-state index in [0.29, 0.717) is 31.2 Å². The van der Waals surface area contributed by atoms with Gasteiger partial charge in [0, 0.05) is 55.1 Å². The topological polar surface area (TPSA) is 92.5 Å². The van der Waals surface area contributed by atoms with Crippen LogP contribution in [0.2, 0.25) is 0 Å². The Balaban J connectivity index is 1.41. The van der Waals surface area contributed by atoms with E-state index in [1.165, 1.54) is 0 Å². The number of nitrogens with one attached hydrogen (secondary N) is 2. The number of hydrogen-bond donors (Lipinski definition) is 3. The van der Waals surface area contributed by atoms with E-state index in [1.807, 2.05) is 25.1 Å². The average Bonchev–Trinajstić information content (AvgIpc) is 2.94. The number of rotatable bonds is 5. The summed E-state index contributed by atoms with van der Waals surface area (Å²) in [6.07, 6.45) is -0.642. The number of ether oxygens (including phenoxy) is 1. The number of nitrogens with zero attached hydrogens (tertiary/aromatic N) is 2. The number of benzene rings is 1. The number of anilines is 2. The maximum atomic E-state index is 13.2. The number of aromatic nitrogens is 1. The molecule has 5 rings (SSSR count). The molecule has 2 aromatic rings. The summed E-state index contributed by atoms with van der Waals surface area (Å²) < 4.78 is 45.3. The van der Waals surface area contributed by atoms with E-state index < -0.39 is 18.1 Å². The molecule has 3 aliphatic rings. The first-order valence-corrected chi connectivity index (χ1v) is 14.3. The number of nitrogens with two attached hydrogens (primary N) is 1. The number of aryl methyl sites for hydroxylation is 1. The van der Waals surface area contributed by atoms with E-state index in [1.54, 1.807) is 0 Å². The first-order valence-electron chi connectivity index (χ1n) is 14.3. The number of amides is 1. The third-order valence-corrected chi connectivity index (χ3v) is 8.69. The molecule has 1 aromatic heterocycles. The van der Waals surface area contributed by atoms with Crippen LogP contribution in [0.3, 0.4) is 0 Å². The van der Waals surface area contributed by atoms with E-state index in [9.17, 15) is 18.0 Å². The zero-order chi connectivity index (χ0) is 28.5. The minimum absolute atomic E-state index is 0.163. The van der Waals surface area contributed by atoms with Crippen LogP contribution < -0.4 is 21.3 Å². The van der Waals surface area contributed by atoms with E-state index in [-0.39, 0.29) is 24.4 Å². The van der Waals surface area contributed by atoms with Crippen molar-refractivity contribution in [2.75, 3.05) is 43.1 Å². The molecule has 7 nitrogen and oxygen atoms in total.